The van der Waals surface area contributed by atoms with Gasteiger partial charge in [0.15, 0.2) is 0 Å². The summed E-state index contributed by atoms with van der Waals surface area (Å²) in [7, 11) is 1.56. The summed E-state index contributed by atoms with van der Waals surface area (Å²) < 4.78 is 5.89. The van der Waals surface area contributed by atoms with Gasteiger partial charge in [0.1, 0.15) is 0 Å². The lowest BCUT2D eigenvalue weighted by Gasteiger charge is -2.11. The number of aliphatic carboxylic acids is 1. The molecule has 18 heavy (non-hydrogen) atoms. The smallest absolute Gasteiger partial charge is 0.303 e. The zero-order chi connectivity index (χ0) is 13.5. The van der Waals surface area contributed by atoms with Crippen LogP contribution in [0.1, 0.15) is 18.4 Å². The van der Waals surface area contributed by atoms with Gasteiger partial charge in [0.25, 0.3) is 0 Å². The zero-order valence-electron chi connectivity index (χ0n) is 9.90. The van der Waals surface area contributed by atoms with Crippen molar-refractivity contribution < 1.29 is 19.4 Å². The van der Waals surface area contributed by atoms with Crippen molar-refractivity contribution in [3.05, 3.63) is 28.2 Å². The summed E-state index contributed by atoms with van der Waals surface area (Å²) in [6, 6.07) is 5.38. The second-order valence-corrected chi connectivity index (χ2v) is 4.50. The van der Waals surface area contributed by atoms with Crippen LogP contribution in [0, 0.1) is 0 Å². The molecular weight excluding hydrogens is 302 g/mol. The first-order valence-corrected chi connectivity index (χ1v) is 6.12. The van der Waals surface area contributed by atoms with Crippen molar-refractivity contribution >= 4 is 33.5 Å². The Kier molecular flexibility index (Phi) is 5.80. The van der Waals surface area contributed by atoms with Gasteiger partial charge in [-0.05, 0) is 12.1 Å². The highest BCUT2D eigenvalue weighted by molar-refractivity contribution is 9.10. The number of benzene rings is 1. The lowest BCUT2D eigenvalue weighted by atomic mass is 10.2. The van der Waals surface area contributed by atoms with E-state index in [2.05, 4.69) is 21.2 Å². The fraction of sp³-hybridized carbons (Fsp3) is 0.333. The Bertz CT molecular complexity index is 448. The van der Waals surface area contributed by atoms with Crippen LogP contribution in [0.15, 0.2) is 22.7 Å². The number of methoxy groups -OCH3 is 1. The maximum absolute atomic E-state index is 11.6. The standard InChI is InChI=1S/C12H14BrNO4/c1-18-7-8-9(13)3-2-4-10(8)14-11(15)5-6-12(16)17/h2-4H,5-7H2,1H3,(H,14,15)(H,16,17). The van der Waals surface area contributed by atoms with Crippen molar-refractivity contribution in [2.75, 3.05) is 12.4 Å². The van der Waals surface area contributed by atoms with E-state index in [1.165, 1.54) is 0 Å². The molecular formula is C12H14BrNO4. The molecule has 0 unspecified atom stereocenters. The number of hydrogen-bond acceptors (Lipinski definition) is 3. The highest BCUT2D eigenvalue weighted by Gasteiger charge is 2.10. The lowest BCUT2D eigenvalue weighted by molar-refractivity contribution is -0.138. The van der Waals surface area contributed by atoms with E-state index in [-0.39, 0.29) is 18.7 Å². The number of nitrogens with one attached hydrogen (secondary N) is 1. The number of halogens is 1. The highest BCUT2D eigenvalue weighted by atomic mass is 79.9. The number of carboxylic acid groups (broad SMARTS) is 1. The first kappa shape index (κ1) is 14.7. The first-order valence-electron chi connectivity index (χ1n) is 5.32. The van der Waals surface area contributed by atoms with Crippen molar-refractivity contribution in [3.8, 4) is 0 Å². The van der Waals surface area contributed by atoms with Crippen LogP contribution in [0.2, 0.25) is 0 Å². The van der Waals surface area contributed by atoms with E-state index in [1.54, 1.807) is 19.2 Å². The molecule has 1 aromatic rings. The van der Waals surface area contributed by atoms with E-state index in [9.17, 15) is 9.59 Å². The molecule has 6 heteroatoms. The van der Waals surface area contributed by atoms with E-state index in [0.29, 0.717) is 12.3 Å². The Labute approximate surface area is 113 Å². The van der Waals surface area contributed by atoms with Crippen LogP contribution >= 0.6 is 15.9 Å². The molecule has 98 valence electrons. The molecule has 0 saturated heterocycles. The van der Waals surface area contributed by atoms with Gasteiger partial charge in [-0.2, -0.15) is 0 Å². The van der Waals surface area contributed by atoms with Crippen LogP contribution in [0.3, 0.4) is 0 Å². The third-order valence-electron chi connectivity index (χ3n) is 2.25. The van der Waals surface area contributed by atoms with Crippen molar-refractivity contribution in [2.45, 2.75) is 19.4 Å². The third kappa shape index (κ3) is 4.46. The number of carboxylic acids is 1. The van der Waals surface area contributed by atoms with Crippen molar-refractivity contribution in [3.63, 3.8) is 0 Å². The van der Waals surface area contributed by atoms with Crippen molar-refractivity contribution in [2.24, 2.45) is 0 Å². The van der Waals surface area contributed by atoms with Gasteiger partial charge in [-0.1, -0.05) is 22.0 Å². The van der Waals surface area contributed by atoms with Gasteiger partial charge >= 0.3 is 5.97 Å². The molecule has 0 heterocycles. The minimum absolute atomic E-state index is 0.0474. The van der Waals surface area contributed by atoms with E-state index in [0.717, 1.165) is 10.0 Å². The minimum atomic E-state index is -0.989. The van der Waals surface area contributed by atoms with Crippen LogP contribution in [0.25, 0.3) is 0 Å². The second kappa shape index (κ2) is 7.13. The Balaban J connectivity index is 2.74. The number of carbonyl (C=O) groups is 2. The Hall–Kier alpha value is -1.40. The van der Waals surface area contributed by atoms with Gasteiger partial charge in [0.05, 0.1) is 13.0 Å². The van der Waals surface area contributed by atoms with Gasteiger partial charge in [0, 0.05) is 29.3 Å². The number of carbonyl (C=O) groups excluding carboxylic acids is 1. The molecule has 0 aliphatic heterocycles. The normalized spacial score (nSPS) is 10.1. The summed E-state index contributed by atoms with van der Waals surface area (Å²) in [6.07, 6.45) is -0.228. The second-order valence-electron chi connectivity index (χ2n) is 3.64. The fourth-order valence-corrected chi connectivity index (χ4v) is 1.88. The van der Waals surface area contributed by atoms with Crippen LogP contribution in [-0.4, -0.2) is 24.1 Å². The zero-order valence-corrected chi connectivity index (χ0v) is 11.5. The Morgan fingerprint density at radius 1 is 1.39 bits per heavy atom. The molecule has 0 atom stereocenters. The predicted molar refractivity (Wildman–Crippen MR) is 70.4 cm³/mol. The van der Waals surface area contributed by atoms with Crippen LogP contribution in [0.5, 0.6) is 0 Å². The topological polar surface area (TPSA) is 75.6 Å². The molecule has 1 aromatic carbocycles. The van der Waals surface area contributed by atoms with Crippen LogP contribution < -0.4 is 5.32 Å². The summed E-state index contributed by atoms with van der Waals surface area (Å²) in [5, 5.41) is 11.2. The SMILES string of the molecule is COCc1c(Br)cccc1NC(=O)CCC(=O)O. The number of anilines is 1. The average Bonchev–Trinajstić information content (AvgIpc) is 2.31. The molecule has 1 rings (SSSR count). The van der Waals surface area contributed by atoms with E-state index < -0.39 is 5.97 Å². The monoisotopic (exact) mass is 315 g/mol. The summed E-state index contributed by atoms with van der Waals surface area (Å²) in [5.41, 5.74) is 1.45. The quantitative estimate of drug-likeness (QED) is 0.845. The van der Waals surface area contributed by atoms with Crippen molar-refractivity contribution in [1.82, 2.24) is 0 Å². The number of amides is 1. The number of ether oxygens (including phenoxy) is 1. The molecule has 0 radical (unpaired) electrons. The first-order chi connectivity index (χ1) is 8.54. The molecule has 0 aromatic heterocycles. The van der Waals surface area contributed by atoms with Gasteiger partial charge in [-0.15, -0.1) is 0 Å². The number of hydrogen-bond donors (Lipinski definition) is 2. The summed E-state index contributed by atoms with van der Waals surface area (Å²) >= 11 is 3.37. The molecule has 1 amide bonds. The van der Waals surface area contributed by atoms with E-state index >= 15 is 0 Å². The third-order valence-corrected chi connectivity index (χ3v) is 2.99. The Morgan fingerprint density at radius 2 is 2.11 bits per heavy atom. The molecule has 2 N–H and O–H groups in total. The Morgan fingerprint density at radius 3 is 2.72 bits per heavy atom. The molecule has 5 nitrogen and oxygen atoms in total. The van der Waals surface area contributed by atoms with E-state index in [4.69, 9.17) is 9.84 Å². The molecule has 0 fully saturated rings. The van der Waals surface area contributed by atoms with E-state index in [1.807, 2.05) is 6.07 Å². The van der Waals surface area contributed by atoms with Gasteiger partial charge in [-0.25, -0.2) is 0 Å². The van der Waals surface area contributed by atoms with Gasteiger partial charge in [0.2, 0.25) is 5.91 Å². The van der Waals surface area contributed by atoms with Gasteiger partial charge < -0.3 is 15.2 Å². The summed E-state index contributed by atoms with van der Waals surface area (Å²) in [5.74, 6) is -1.32. The molecule has 0 bridgehead atoms. The predicted octanol–water partition coefficient (Wildman–Crippen LogP) is 2.40. The van der Waals surface area contributed by atoms with Crippen molar-refractivity contribution in [1.29, 1.82) is 0 Å². The fourth-order valence-electron chi connectivity index (χ4n) is 1.40. The summed E-state index contributed by atoms with van der Waals surface area (Å²) in [6.45, 7) is 0.357. The molecule has 0 spiro atoms. The lowest BCUT2D eigenvalue weighted by Crippen LogP contribution is -2.14. The molecule has 0 aliphatic carbocycles. The average molecular weight is 316 g/mol. The maximum atomic E-state index is 11.6. The van der Waals surface area contributed by atoms with Gasteiger partial charge in [-0.3, -0.25) is 9.59 Å². The highest BCUT2D eigenvalue weighted by Crippen LogP contribution is 2.25. The van der Waals surface area contributed by atoms with Crippen LogP contribution in [0.4, 0.5) is 5.69 Å². The van der Waals surface area contributed by atoms with Crippen LogP contribution in [-0.2, 0) is 20.9 Å². The summed E-state index contributed by atoms with van der Waals surface area (Å²) in [4.78, 5) is 21.9. The molecule has 0 aliphatic rings. The molecule has 0 saturated carbocycles. The largest absolute Gasteiger partial charge is 0.481 e. The maximum Gasteiger partial charge on any atom is 0.303 e. The number of rotatable bonds is 6. The minimum Gasteiger partial charge on any atom is -0.481 e.